The third kappa shape index (κ3) is 3.43. The zero-order valence-corrected chi connectivity index (χ0v) is 14.0. The standard InChI is InChI=1S/C21H21FN2O/c22-18-9-7-15(8-10-18)12-21(25)24-11-3-5-17(14-24)20-13-16-4-1-2-6-19(16)23-20/h1-2,4,6-10,13,17,23H,3,5,11-12,14H2. The van der Waals surface area contributed by atoms with Crippen LogP contribution in [0.4, 0.5) is 4.39 Å². The third-order valence-electron chi connectivity index (χ3n) is 5.03. The monoisotopic (exact) mass is 336 g/mol. The minimum absolute atomic E-state index is 0.118. The fourth-order valence-electron chi connectivity index (χ4n) is 3.66. The zero-order chi connectivity index (χ0) is 17.2. The lowest BCUT2D eigenvalue weighted by atomic mass is 9.94. The van der Waals surface area contributed by atoms with Gasteiger partial charge in [0.25, 0.3) is 0 Å². The lowest BCUT2D eigenvalue weighted by Gasteiger charge is -2.32. The van der Waals surface area contributed by atoms with Crippen LogP contribution in [-0.2, 0) is 11.2 Å². The van der Waals surface area contributed by atoms with Gasteiger partial charge in [0.2, 0.25) is 5.91 Å². The predicted octanol–water partition coefficient (Wildman–Crippen LogP) is 4.26. The Balaban J connectivity index is 1.46. The first kappa shape index (κ1) is 15.9. The van der Waals surface area contributed by atoms with Gasteiger partial charge in [-0.15, -0.1) is 0 Å². The number of nitrogens with zero attached hydrogens (tertiary/aromatic N) is 1. The molecule has 0 radical (unpaired) electrons. The summed E-state index contributed by atoms with van der Waals surface area (Å²) < 4.78 is 13.0. The third-order valence-corrected chi connectivity index (χ3v) is 5.03. The van der Waals surface area contributed by atoms with E-state index in [4.69, 9.17) is 0 Å². The first-order chi connectivity index (χ1) is 12.2. The number of aromatic amines is 1. The maximum absolute atomic E-state index is 13.0. The van der Waals surface area contributed by atoms with Gasteiger partial charge in [0.1, 0.15) is 5.82 Å². The highest BCUT2D eigenvalue weighted by atomic mass is 19.1. The fraction of sp³-hybridized carbons (Fsp3) is 0.286. The van der Waals surface area contributed by atoms with E-state index in [9.17, 15) is 9.18 Å². The summed E-state index contributed by atoms with van der Waals surface area (Å²) in [6.07, 6.45) is 2.43. The minimum atomic E-state index is -0.270. The fourth-order valence-corrected chi connectivity index (χ4v) is 3.66. The van der Waals surface area contributed by atoms with Crippen LogP contribution < -0.4 is 0 Å². The van der Waals surface area contributed by atoms with Gasteiger partial charge in [0, 0.05) is 30.2 Å². The molecule has 2 aromatic carbocycles. The predicted molar refractivity (Wildman–Crippen MR) is 97.0 cm³/mol. The molecule has 1 aliphatic rings. The van der Waals surface area contributed by atoms with E-state index in [0.717, 1.165) is 37.0 Å². The van der Waals surface area contributed by atoms with Crippen LogP contribution in [0.5, 0.6) is 0 Å². The van der Waals surface area contributed by atoms with E-state index in [-0.39, 0.29) is 11.7 Å². The average molecular weight is 336 g/mol. The lowest BCUT2D eigenvalue weighted by Crippen LogP contribution is -2.40. The highest BCUT2D eigenvalue weighted by molar-refractivity contribution is 5.81. The molecule has 1 unspecified atom stereocenters. The summed E-state index contributed by atoms with van der Waals surface area (Å²) >= 11 is 0. The second kappa shape index (κ2) is 6.71. The van der Waals surface area contributed by atoms with Crippen LogP contribution in [0.1, 0.15) is 30.0 Å². The van der Waals surface area contributed by atoms with E-state index < -0.39 is 0 Å². The molecule has 128 valence electrons. The van der Waals surface area contributed by atoms with Crippen LogP contribution >= 0.6 is 0 Å². The topological polar surface area (TPSA) is 36.1 Å². The van der Waals surface area contributed by atoms with Crippen LogP contribution in [0.15, 0.2) is 54.6 Å². The van der Waals surface area contributed by atoms with Gasteiger partial charge in [-0.2, -0.15) is 0 Å². The Hall–Kier alpha value is -2.62. The number of hydrogen-bond acceptors (Lipinski definition) is 1. The van der Waals surface area contributed by atoms with Crippen LogP contribution in [0.25, 0.3) is 10.9 Å². The summed E-state index contributed by atoms with van der Waals surface area (Å²) in [7, 11) is 0. The number of nitrogens with one attached hydrogen (secondary N) is 1. The highest BCUT2D eigenvalue weighted by Gasteiger charge is 2.25. The molecule has 1 fully saturated rings. The van der Waals surface area contributed by atoms with Crippen LogP contribution in [-0.4, -0.2) is 28.9 Å². The molecule has 1 amide bonds. The van der Waals surface area contributed by atoms with E-state index >= 15 is 0 Å². The quantitative estimate of drug-likeness (QED) is 0.762. The van der Waals surface area contributed by atoms with Crippen molar-refractivity contribution in [3.8, 4) is 0 Å². The summed E-state index contributed by atoms with van der Waals surface area (Å²) in [4.78, 5) is 18.1. The Bertz CT molecular complexity index is 851. The van der Waals surface area contributed by atoms with E-state index in [1.165, 1.54) is 23.2 Å². The Labute approximate surface area is 146 Å². The maximum atomic E-state index is 13.0. The van der Waals surface area contributed by atoms with Crippen molar-refractivity contribution in [1.82, 2.24) is 9.88 Å². The average Bonchev–Trinajstić information content (AvgIpc) is 3.08. The highest BCUT2D eigenvalue weighted by Crippen LogP contribution is 2.29. The largest absolute Gasteiger partial charge is 0.358 e. The lowest BCUT2D eigenvalue weighted by molar-refractivity contribution is -0.131. The number of hydrogen-bond donors (Lipinski definition) is 1. The Kier molecular flexibility index (Phi) is 4.26. The molecule has 3 aromatic rings. The number of likely N-dealkylation sites (tertiary alicyclic amines) is 1. The molecular weight excluding hydrogens is 315 g/mol. The van der Waals surface area contributed by atoms with Crippen molar-refractivity contribution in [3.63, 3.8) is 0 Å². The molecular formula is C21H21FN2O. The van der Waals surface area contributed by atoms with E-state index in [1.807, 2.05) is 17.0 Å². The smallest absolute Gasteiger partial charge is 0.227 e. The molecule has 1 atom stereocenters. The molecule has 1 aromatic heterocycles. The molecule has 1 N–H and O–H groups in total. The van der Waals surface area contributed by atoms with Crippen LogP contribution in [0.2, 0.25) is 0 Å². The van der Waals surface area contributed by atoms with Crippen LogP contribution in [0.3, 0.4) is 0 Å². The number of halogens is 1. The number of piperidine rings is 1. The van der Waals surface area contributed by atoms with E-state index in [2.05, 4.69) is 23.2 Å². The first-order valence-electron chi connectivity index (χ1n) is 8.79. The molecule has 0 bridgehead atoms. The molecule has 25 heavy (non-hydrogen) atoms. The number of benzene rings is 2. The summed E-state index contributed by atoms with van der Waals surface area (Å²) in [5.74, 6) is 0.193. The Morgan fingerprint density at radius 3 is 2.76 bits per heavy atom. The summed E-state index contributed by atoms with van der Waals surface area (Å²) in [6.45, 7) is 1.55. The number of fused-ring (bicyclic) bond motifs is 1. The molecule has 0 spiro atoms. The number of aromatic nitrogens is 1. The van der Waals surface area contributed by atoms with Gasteiger partial charge in [-0.3, -0.25) is 4.79 Å². The zero-order valence-electron chi connectivity index (χ0n) is 14.0. The van der Waals surface area contributed by atoms with E-state index in [1.54, 1.807) is 12.1 Å². The van der Waals surface area contributed by atoms with Crippen molar-refractivity contribution in [2.75, 3.05) is 13.1 Å². The van der Waals surface area contributed by atoms with Crippen molar-refractivity contribution in [2.45, 2.75) is 25.2 Å². The van der Waals surface area contributed by atoms with Crippen molar-refractivity contribution in [1.29, 1.82) is 0 Å². The number of para-hydroxylation sites is 1. The SMILES string of the molecule is O=C(Cc1ccc(F)cc1)N1CCCC(c2cc3ccccc3[nH]2)C1. The van der Waals surface area contributed by atoms with E-state index in [0.29, 0.717) is 12.3 Å². The van der Waals surface area contributed by atoms with Gasteiger partial charge >= 0.3 is 0 Å². The minimum Gasteiger partial charge on any atom is -0.358 e. The molecule has 0 aliphatic carbocycles. The number of amides is 1. The Morgan fingerprint density at radius 2 is 1.96 bits per heavy atom. The van der Waals surface area contributed by atoms with Gasteiger partial charge in [-0.1, -0.05) is 30.3 Å². The van der Waals surface area contributed by atoms with Crippen molar-refractivity contribution in [3.05, 3.63) is 71.7 Å². The molecule has 4 heteroatoms. The van der Waals surface area contributed by atoms with Gasteiger partial charge < -0.3 is 9.88 Å². The van der Waals surface area contributed by atoms with Gasteiger partial charge in [0.05, 0.1) is 6.42 Å². The van der Waals surface area contributed by atoms with Gasteiger partial charge in [-0.05, 0) is 48.1 Å². The maximum Gasteiger partial charge on any atom is 0.227 e. The van der Waals surface area contributed by atoms with Crippen LogP contribution in [0, 0.1) is 5.82 Å². The number of carbonyl (C=O) groups is 1. The second-order valence-electron chi connectivity index (χ2n) is 6.79. The summed E-state index contributed by atoms with van der Waals surface area (Å²) in [6, 6.07) is 16.7. The van der Waals surface area contributed by atoms with Crippen molar-refractivity contribution in [2.24, 2.45) is 0 Å². The number of rotatable bonds is 3. The summed E-state index contributed by atoms with van der Waals surface area (Å²) in [5, 5.41) is 1.22. The molecule has 3 nitrogen and oxygen atoms in total. The number of carbonyl (C=O) groups excluding carboxylic acids is 1. The van der Waals surface area contributed by atoms with Gasteiger partial charge in [0.15, 0.2) is 0 Å². The second-order valence-corrected chi connectivity index (χ2v) is 6.79. The number of H-pyrrole nitrogens is 1. The van der Waals surface area contributed by atoms with Crippen molar-refractivity contribution >= 4 is 16.8 Å². The molecule has 1 aliphatic heterocycles. The molecule has 4 rings (SSSR count). The molecule has 2 heterocycles. The summed E-state index contributed by atoms with van der Waals surface area (Å²) in [5.41, 5.74) is 3.21. The first-order valence-corrected chi connectivity index (χ1v) is 8.79. The van der Waals surface area contributed by atoms with Crippen molar-refractivity contribution < 1.29 is 9.18 Å². The normalized spacial score (nSPS) is 17.8. The van der Waals surface area contributed by atoms with Gasteiger partial charge in [-0.25, -0.2) is 4.39 Å². The Morgan fingerprint density at radius 1 is 1.16 bits per heavy atom. The molecule has 0 saturated carbocycles. The molecule has 1 saturated heterocycles.